The van der Waals surface area contributed by atoms with Crippen molar-refractivity contribution in [3.63, 3.8) is 0 Å². The predicted octanol–water partition coefficient (Wildman–Crippen LogP) is 5.73. The van der Waals surface area contributed by atoms with Gasteiger partial charge >= 0.3 is 0 Å². The number of nitrogens with one attached hydrogen (secondary N) is 1. The lowest BCUT2D eigenvalue weighted by Crippen LogP contribution is -2.23. The summed E-state index contributed by atoms with van der Waals surface area (Å²) in [6.07, 6.45) is 0. The molecule has 2 rings (SSSR count). The summed E-state index contributed by atoms with van der Waals surface area (Å²) in [5, 5.41) is 4.34. The molecule has 1 unspecified atom stereocenters. The van der Waals surface area contributed by atoms with Crippen molar-refractivity contribution in [1.29, 1.82) is 0 Å². The van der Waals surface area contributed by atoms with Crippen LogP contribution in [0, 0.1) is 20.8 Å². The van der Waals surface area contributed by atoms with Gasteiger partial charge in [-0.1, -0.05) is 46.6 Å². The van der Waals surface area contributed by atoms with Crippen molar-refractivity contribution in [3.05, 3.63) is 67.6 Å². The summed E-state index contributed by atoms with van der Waals surface area (Å²) in [4.78, 5) is 0. The van der Waals surface area contributed by atoms with Gasteiger partial charge in [0.05, 0.1) is 6.04 Å². The molecule has 0 radical (unpaired) electrons. The second-order valence-corrected chi connectivity index (χ2v) is 6.74. The highest BCUT2D eigenvalue weighted by Crippen LogP contribution is 2.33. The van der Waals surface area contributed by atoms with Crippen LogP contribution in [0.1, 0.15) is 40.8 Å². The van der Waals surface area contributed by atoms with E-state index in [1.807, 2.05) is 18.2 Å². The van der Waals surface area contributed by atoms with E-state index in [0.29, 0.717) is 0 Å². The van der Waals surface area contributed by atoms with Crippen LogP contribution in [0.4, 0.5) is 0 Å². The molecule has 0 saturated carbocycles. The Kier molecular flexibility index (Phi) is 5.48. The average molecular weight is 367 g/mol. The highest BCUT2D eigenvalue weighted by atomic mass is 79.9. The monoisotopic (exact) mass is 365 g/mol. The van der Waals surface area contributed by atoms with Crippen molar-refractivity contribution >= 4 is 27.5 Å². The van der Waals surface area contributed by atoms with Gasteiger partial charge in [0.25, 0.3) is 0 Å². The third-order valence-electron chi connectivity index (χ3n) is 3.87. The van der Waals surface area contributed by atoms with Crippen LogP contribution in [0.25, 0.3) is 0 Å². The van der Waals surface area contributed by atoms with Crippen LogP contribution < -0.4 is 5.32 Å². The van der Waals surface area contributed by atoms with Crippen molar-refractivity contribution in [3.8, 4) is 0 Å². The van der Waals surface area contributed by atoms with E-state index in [0.717, 1.165) is 16.0 Å². The molecule has 0 aliphatic heterocycles. The van der Waals surface area contributed by atoms with E-state index in [1.165, 1.54) is 27.8 Å². The molecule has 1 nitrogen and oxygen atoms in total. The van der Waals surface area contributed by atoms with Gasteiger partial charge < -0.3 is 5.32 Å². The largest absolute Gasteiger partial charge is 0.306 e. The standard InChI is InChI=1S/C18H21BrClN/c1-5-21-18(16-10-14(20)6-7-17(16)19)15-9-12(3)11(2)8-13(15)4/h6-10,18,21H,5H2,1-4H3. The SMILES string of the molecule is CCNC(c1cc(C)c(C)cc1C)c1cc(Cl)ccc1Br. The van der Waals surface area contributed by atoms with Gasteiger partial charge in [-0.15, -0.1) is 0 Å². The Morgan fingerprint density at radius 3 is 2.33 bits per heavy atom. The van der Waals surface area contributed by atoms with Crippen LogP contribution in [0.5, 0.6) is 0 Å². The number of benzene rings is 2. The number of rotatable bonds is 4. The Balaban J connectivity index is 2.58. The molecule has 0 spiro atoms. The molecule has 0 fully saturated rings. The van der Waals surface area contributed by atoms with E-state index in [2.05, 4.69) is 61.1 Å². The molecule has 3 heteroatoms. The summed E-state index contributed by atoms with van der Waals surface area (Å²) in [6, 6.07) is 10.6. The van der Waals surface area contributed by atoms with Crippen LogP contribution in [-0.2, 0) is 0 Å². The maximum absolute atomic E-state index is 6.20. The Morgan fingerprint density at radius 2 is 1.67 bits per heavy atom. The molecule has 0 bridgehead atoms. The Labute approximate surface area is 140 Å². The molecule has 0 amide bonds. The summed E-state index contributed by atoms with van der Waals surface area (Å²) >= 11 is 9.85. The second kappa shape index (κ2) is 6.95. The number of halogens is 2. The zero-order valence-electron chi connectivity index (χ0n) is 12.9. The topological polar surface area (TPSA) is 12.0 Å². The zero-order chi connectivity index (χ0) is 15.6. The molecule has 0 aliphatic carbocycles. The molecule has 21 heavy (non-hydrogen) atoms. The van der Waals surface area contributed by atoms with Gasteiger partial charge in [-0.3, -0.25) is 0 Å². The van der Waals surface area contributed by atoms with Crippen LogP contribution in [0.3, 0.4) is 0 Å². The Hall–Kier alpha value is -0.830. The van der Waals surface area contributed by atoms with Crippen molar-refractivity contribution in [2.45, 2.75) is 33.7 Å². The average Bonchev–Trinajstić information content (AvgIpc) is 2.43. The fourth-order valence-electron chi connectivity index (χ4n) is 2.62. The molecule has 0 aliphatic rings. The molecule has 1 N–H and O–H groups in total. The summed E-state index contributed by atoms with van der Waals surface area (Å²) in [7, 11) is 0. The third kappa shape index (κ3) is 3.68. The van der Waals surface area contributed by atoms with Gasteiger partial charge in [0.1, 0.15) is 0 Å². The van der Waals surface area contributed by atoms with Gasteiger partial charge in [0.15, 0.2) is 0 Å². The minimum absolute atomic E-state index is 0.141. The molecule has 2 aromatic carbocycles. The van der Waals surface area contributed by atoms with E-state index < -0.39 is 0 Å². The first kappa shape index (κ1) is 16.5. The molecule has 112 valence electrons. The molecule has 1 atom stereocenters. The summed E-state index contributed by atoms with van der Waals surface area (Å²) in [5.41, 5.74) is 6.43. The van der Waals surface area contributed by atoms with Crippen molar-refractivity contribution in [1.82, 2.24) is 5.32 Å². The predicted molar refractivity (Wildman–Crippen MR) is 95.3 cm³/mol. The summed E-state index contributed by atoms with van der Waals surface area (Å²) < 4.78 is 1.08. The van der Waals surface area contributed by atoms with E-state index in [-0.39, 0.29) is 6.04 Å². The maximum atomic E-state index is 6.20. The molecule has 2 aromatic rings. The lowest BCUT2D eigenvalue weighted by atomic mass is 9.91. The van der Waals surface area contributed by atoms with Crippen LogP contribution in [-0.4, -0.2) is 6.54 Å². The van der Waals surface area contributed by atoms with E-state index in [4.69, 9.17) is 11.6 Å². The Morgan fingerprint density at radius 1 is 1.00 bits per heavy atom. The molecule has 0 saturated heterocycles. The minimum Gasteiger partial charge on any atom is -0.306 e. The first-order chi connectivity index (χ1) is 9.93. The first-order valence-corrected chi connectivity index (χ1v) is 8.37. The fourth-order valence-corrected chi connectivity index (χ4v) is 3.28. The zero-order valence-corrected chi connectivity index (χ0v) is 15.3. The van der Waals surface area contributed by atoms with Crippen molar-refractivity contribution in [2.75, 3.05) is 6.54 Å². The highest BCUT2D eigenvalue weighted by Gasteiger charge is 2.19. The van der Waals surface area contributed by atoms with E-state index in [9.17, 15) is 0 Å². The minimum atomic E-state index is 0.141. The van der Waals surface area contributed by atoms with Crippen LogP contribution in [0.15, 0.2) is 34.8 Å². The van der Waals surface area contributed by atoms with E-state index in [1.54, 1.807) is 0 Å². The third-order valence-corrected chi connectivity index (χ3v) is 4.83. The lowest BCUT2D eigenvalue weighted by Gasteiger charge is -2.23. The quantitative estimate of drug-likeness (QED) is 0.729. The van der Waals surface area contributed by atoms with E-state index >= 15 is 0 Å². The fraction of sp³-hybridized carbons (Fsp3) is 0.333. The molecular formula is C18H21BrClN. The van der Waals surface area contributed by atoms with Crippen molar-refractivity contribution in [2.24, 2.45) is 0 Å². The van der Waals surface area contributed by atoms with Gasteiger partial charge in [-0.05, 0) is 73.3 Å². The normalized spacial score (nSPS) is 12.5. The Bertz CT molecular complexity index is 652. The molecule has 0 aromatic heterocycles. The smallest absolute Gasteiger partial charge is 0.0591 e. The second-order valence-electron chi connectivity index (χ2n) is 5.45. The molecule has 0 heterocycles. The van der Waals surface area contributed by atoms with Gasteiger partial charge in [-0.25, -0.2) is 0 Å². The first-order valence-electron chi connectivity index (χ1n) is 7.20. The van der Waals surface area contributed by atoms with Crippen LogP contribution in [0.2, 0.25) is 5.02 Å². The maximum Gasteiger partial charge on any atom is 0.0591 e. The number of hydrogen-bond donors (Lipinski definition) is 1. The number of aryl methyl sites for hydroxylation is 3. The molecular weight excluding hydrogens is 346 g/mol. The van der Waals surface area contributed by atoms with Crippen molar-refractivity contribution < 1.29 is 0 Å². The van der Waals surface area contributed by atoms with Gasteiger partial charge in [0, 0.05) is 9.50 Å². The van der Waals surface area contributed by atoms with Gasteiger partial charge in [0.2, 0.25) is 0 Å². The van der Waals surface area contributed by atoms with Gasteiger partial charge in [-0.2, -0.15) is 0 Å². The highest BCUT2D eigenvalue weighted by molar-refractivity contribution is 9.10. The lowest BCUT2D eigenvalue weighted by molar-refractivity contribution is 0.625. The summed E-state index contributed by atoms with van der Waals surface area (Å²) in [5.74, 6) is 0. The van der Waals surface area contributed by atoms with Crippen LogP contribution >= 0.6 is 27.5 Å². The number of hydrogen-bond acceptors (Lipinski definition) is 1. The summed E-state index contributed by atoms with van der Waals surface area (Å²) in [6.45, 7) is 9.51.